The molecule has 6 heteroatoms. The summed E-state index contributed by atoms with van der Waals surface area (Å²) < 4.78 is 2.17. The molecule has 2 aromatic heterocycles. The normalized spacial score (nSPS) is 16.3. The van der Waals surface area contributed by atoms with E-state index in [4.69, 9.17) is 19.9 Å². The van der Waals surface area contributed by atoms with Gasteiger partial charge in [-0.1, -0.05) is 183 Å². The van der Waals surface area contributed by atoms with Gasteiger partial charge in [-0.15, -0.1) is 0 Å². The lowest BCUT2D eigenvalue weighted by Gasteiger charge is -2.26. The third-order valence-electron chi connectivity index (χ3n) is 12.6. The van der Waals surface area contributed by atoms with Gasteiger partial charge in [-0.25, -0.2) is 4.98 Å². The number of aliphatic imine (C=N–C) groups is 1. The van der Waals surface area contributed by atoms with Crippen molar-refractivity contribution in [2.75, 3.05) is 0 Å². The average Bonchev–Trinajstić information content (AvgIpc) is 3.98. The first-order valence-corrected chi connectivity index (χ1v) is 21.7. The van der Waals surface area contributed by atoms with Crippen LogP contribution in [0.2, 0.25) is 0 Å². The molecule has 0 amide bonds. The van der Waals surface area contributed by atoms with Crippen molar-refractivity contribution in [3.63, 3.8) is 0 Å². The van der Waals surface area contributed by atoms with Crippen molar-refractivity contribution in [1.29, 1.82) is 0 Å². The zero-order valence-corrected chi connectivity index (χ0v) is 34.6. The standard InChI is InChI=1S/C55H39N5S/c1-55(2)44-30-31-46-50(61-53(56-46)37-16-7-4-8-17-37)49(44)43-29-28-39(33-45(43)55)35-24-26-36(27-25-35)51-57-52(40-19-13-18-38(32-40)34-14-5-3-6-15-34)59-54(58-51)60-47-22-11-9-20-41(47)42-21-10-12-23-48(42)60/h3-30,32-33,46H,31H2,1-2H3. The summed E-state index contributed by atoms with van der Waals surface area (Å²) in [5.41, 5.74) is 15.2. The minimum atomic E-state index is -0.114. The molecular formula is C55H39N5S. The maximum Gasteiger partial charge on any atom is 0.238 e. The van der Waals surface area contributed by atoms with Crippen LogP contribution in [0.4, 0.5) is 0 Å². The third kappa shape index (κ3) is 5.85. The third-order valence-corrected chi connectivity index (χ3v) is 13.8. The molecule has 290 valence electrons. The fourth-order valence-corrected chi connectivity index (χ4v) is 10.8. The van der Waals surface area contributed by atoms with E-state index in [9.17, 15) is 0 Å². The molecule has 0 N–H and O–H groups in total. The predicted molar refractivity (Wildman–Crippen MR) is 253 cm³/mol. The van der Waals surface area contributed by atoms with Gasteiger partial charge in [0.05, 0.1) is 17.1 Å². The molecule has 5 nitrogen and oxygen atoms in total. The maximum absolute atomic E-state index is 5.23. The van der Waals surface area contributed by atoms with Crippen molar-refractivity contribution in [2.24, 2.45) is 4.99 Å². The number of allylic oxidation sites excluding steroid dienone is 2. The summed E-state index contributed by atoms with van der Waals surface area (Å²) in [7, 11) is 0. The lowest BCUT2D eigenvalue weighted by molar-refractivity contribution is 0.650. The minimum Gasteiger partial charge on any atom is -0.278 e. The maximum atomic E-state index is 5.23. The van der Waals surface area contributed by atoms with Crippen LogP contribution in [0.15, 0.2) is 197 Å². The van der Waals surface area contributed by atoms with E-state index in [2.05, 4.69) is 194 Å². The summed E-state index contributed by atoms with van der Waals surface area (Å²) in [6.45, 7) is 4.75. The van der Waals surface area contributed by atoms with Crippen molar-refractivity contribution >= 4 is 44.2 Å². The first-order chi connectivity index (χ1) is 30.0. The van der Waals surface area contributed by atoms with Crippen LogP contribution in [0.1, 0.15) is 37.0 Å². The fraction of sp³-hybridized carbons (Fsp3) is 0.0909. The van der Waals surface area contributed by atoms with E-state index in [1.54, 1.807) is 0 Å². The van der Waals surface area contributed by atoms with E-state index >= 15 is 0 Å². The Morgan fingerprint density at radius 1 is 0.525 bits per heavy atom. The van der Waals surface area contributed by atoms with E-state index in [-0.39, 0.29) is 11.5 Å². The number of thioether (sulfide) groups is 1. The van der Waals surface area contributed by atoms with E-state index in [1.807, 2.05) is 17.8 Å². The summed E-state index contributed by atoms with van der Waals surface area (Å²) in [6, 6.07) is 62.4. The lowest BCUT2D eigenvalue weighted by atomic mass is 9.79. The van der Waals surface area contributed by atoms with Gasteiger partial charge < -0.3 is 0 Å². The topological polar surface area (TPSA) is 56.0 Å². The number of para-hydroxylation sites is 2. The Hall–Kier alpha value is -7.15. The molecule has 1 aliphatic heterocycles. The van der Waals surface area contributed by atoms with E-state index in [1.165, 1.54) is 38.3 Å². The molecule has 3 heterocycles. The number of fused-ring (bicyclic) bond motifs is 7. The molecule has 0 bridgehead atoms. The number of benzene rings is 7. The lowest BCUT2D eigenvalue weighted by Crippen LogP contribution is -2.18. The molecule has 1 atom stereocenters. The van der Waals surface area contributed by atoms with Crippen LogP contribution in [0.5, 0.6) is 0 Å². The molecule has 1 unspecified atom stereocenters. The summed E-state index contributed by atoms with van der Waals surface area (Å²) in [5.74, 6) is 1.83. The molecule has 3 aliphatic rings. The van der Waals surface area contributed by atoms with Gasteiger partial charge >= 0.3 is 0 Å². The van der Waals surface area contributed by atoms with Crippen molar-refractivity contribution in [3.05, 3.63) is 209 Å². The van der Waals surface area contributed by atoms with Crippen LogP contribution >= 0.6 is 11.8 Å². The second kappa shape index (κ2) is 14.0. The Kier molecular flexibility index (Phi) is 8.19. The smallest absolute Gasteiger partial charge is 0.238 e. The van der Waals surface area contributed by atoms with Gasteiger partial charge in [0.2, 0.25) is 5.95 Å². The van der Waals surface area contributed by atoms with E-state index in [0.29, 0.717) is 17.6 Å². The molecule has 0 saturated carbocycles. The first kappa shape index (κ1) is 35.8. The van der Waals surface area contributed by atoms with Crippen molar-refractivity contribution in [1.82, 2.24) is 19.5 Å². The number of hydrogen-bond acceptors (Lipinski definition) is 5. The molecule has 9 aromatic rings. The van der Waals surface area contributed by atoms with Gasteiger partial charge in [0.25, 0.3) is 0 Å². The van der Waals surface area contributed by atoms with Gasteiger partial charge in [0.15, 0.2) is 11.6 Å². The Balaban J connectivity index is 0.943. The van der Waals surface area contributed by atoms with Crippen LogP contribution in [0.25, 0.3) is 78.4 Å². The minimum absolute atomic E-state index is 0.114. The highest BCUT2D eigenvalue weighted by Gasteiger charge is 2.44. The molecule has 0 radical (unpaired) electrons. The molecule has 0 spiro atoms. The first-order valence-electron chi connectivity index (χ1n) is 20.9. The molecule has 7 aromatic carbocycles. The SMILES string of the molecule is CC1(C)C2=CCC3N=C(c4ccccc4)SC3=C2c2ccc(-c3ccc(-c4nc(-c5cccc(-c6ccccc6)c5)nc(-n5c6ccccc6c6ccccc65)n4)cc3)cc21. The monoisotopic (exact) mass is 801 g/mol. The van der Waals surface area contributed by atoms with Crippen molar-refractivity contribution < 1.29 is 0 Å². The zero-order valence-electron chi connectivity index (χ0n) is 33.7. The van der Waals surface area contributed by atoms with Crippen LogP contribution in [0.3, 0.4) is 0 Å². The van der Waals surface area contributed by atoms with E-state index in [0.717, 1.165) is 61.1 Å². The highest BCUT2D eigenvalue weighted by molar-refractivity contribution is 8.18. The van der Waals surface area contributed by atoms with Gasteiger partial charge in [0.1, 0.15) is 5.04 Å². The number of rotatable bonds is 6. The van der Waals surface area contributed by atoms with Gasteiger partial charge in [0, 0.05) is 37.8 Å². The van der Waals surface area contributed by atoms with Gasteiger partial charge in [-0.3, -0.25) is 9.56 Å². The zero-order chi connectivity index (χ0) is 40.7. The number of hydrogen-bond donors (Lipinski definition) is 0. The number of nitrogens with zero attached hydrogens (tertiary/aromatic N) is 5. The summed E-state index contributed by atoms with van der Waals surface area (Å²) in [6.07, 6.45) is 3.39. The summed E-state index contributed by atoms with van der Waals surface area (Å²) in [5, 5.41) is 3.45. The Morgan fingerprint density at radius 2 is 1.08 bits per heavy atom. The quantitative estimate of drug-likeness (QED) is 0.168. The summed E-state index contributed by atoms with van der Waals surface area (Å²) >= 11 is 1.86. The van der Waals surface area contributed by atoms with Crippen LogP contribution in [-0.4, -0.2) is 30.6 Å². The van der Waals surface area contributed by atoms with Crippen molar-refractivity contribution in [2.45, 2.75) is 31.7 Å². The van der Waals surface area contributed by atoms with Gasteiger partial charge in [-0.2, -0.15) is 9.97 Å². The number of aromatic nitrogens is 4. The highest BCUT2D eigenvalue weighted by Crippen LogP contribution is 2.57. The largest absolute Gasteiger partial charge is 0.278 e. The van der Waals surface area contributed by atoms with Gasteiger partial charge in [-0.05, 0) is 75.2 Å². The molecule has 12 rings (SSSR count). The molecule has 2 aliphatic carbocycles. The fourth-order valence-electron chi connectivity index (χ4n) is 9.55. The highest BCUT2D eigenvalue weighted by atomic mass is 32.2. The Bertz CT molecular complexity index is 3270. The van der Waals surface area contributed by atoms with Crippen LogP contribution in [-0.2, 0) is 5.41 Å². The van der Waals surface area contributed by atoms with Crippen molar-refractivity contribution in [3.8, 4) is 51.0 Å². The molecular weight excluding hydrogens is 763 g/mol. The molecule has 61 heavy (non-hydrogen) atoms. The average molecular weight is 802 g/mol. The second-order valence-corrected chi connectivity index (χ2v) is 17.6. The second-order valence-electron chi connectivity index (χ2n) is 16.6. The van der Waals surface area contributed by atoms with Crippen LogP contribution in [0, 0.1) is 0 Å². The predicted octanol–water partition coefficient (Wildman–Crippen LogP) is 13.5. The summed E-state index contributed by atoms with van der Waals surface area (Å²) in [4.78, 5) is 22.2. The van der Waals surface area contributed by atoms with E-state index < -0.39 is 0 Å². The molecule has 0 fully saturated rings. The Labute approximate surface area is 358 Å². The molecule has 0 saturated heterocycles. The van der Waals surface area contributed by atoms with Crippen LogP contribution < -0.4 is 0 Å². The Morgan fingerprint density at radius 3 is 1.80 bits per heavy atom.